The average molecular weight is 342 g/mol. The Bertz CT molecular complexity index is 555. The molecule has 2 rings (SSSR count). The van der Waals surface area contributed by atoms with Gasteiger partial charge in [-0.05, 0) is 18.2 Å². The number of hydrogen-bond donors (Lipinski definition) is 2. The summed E-state index contributed by atoms with van der Waals surface area (Å²) in [5, 5.41) is 11.8. The Labute approximate surface area is 139 Å². The molecule has 1 fully saturated rings. The second-order valence-electron chi connectivity index (χ2n) is 5.02. The van der Waals surface area contributed by atoms with Gasteiger partial charge < -0.3 is 20.1 Å². The van der Waals surface area contributed by atoms with Gasteiger partial charge in [0.25, 0.3) is 0 Å². The second kappa shape index (κ2) is 8.71. The lowest BCUT2D eigenvalue weighted by Gasteiger charge is -2.18. The number of carbonyl (C=O) groups excluding carboxylic acids is 2. The summed E-state index contributed by atoms with van der Waals surface area (Å²) < 4.78 is 5.04. The number of urea groups is 1. The molecule has 1 aromatic rings. The lowest BCUT2D eigenvalue weighted by Crippen LogP contribution is -2.40. The van der Waals surface area contributed by atoms with Gasteiger partial charge in [0, 0.05) is 30.3 Å². The Balaban J connectivity index is 1.79. The van der Waals surface area contributed by atoms with Gasteiger partial charge in [0.15, 0.2) is 0 Å². The molecular weight excluding hydrogens is 322 g/mol. The third kappa shape index (κ3) is 5.09. The molecule has 1 saturated heterocycles. The van der Waals surface area contributed by atoms with E-state index < -0.39 is 0 Å². The van der Waals surface area contributed by atoms with Gasteiger partial charge in [0.2, 0.25) is 5.91 Å². The van der Waals surface area contributed by atoms with Gasteiger partial charge in [0.1, 0.15) is 6.54 Å². The van der Waals surface area contributed by atoms with Crippen LogP contribution < -0.4 is 10.2 Å². The third-order valence-corrected chi connectivity index (χ3v) is 3.59. The van der Waals surface area contributed by atoms with Crippen LogP contribution in [0.5, 0.6) is 0 Å². The van der Waals surface area contributed by atoms with Crippen molar-refractivity contribution in [1.29, 1.82) is 0 Å². The second-order valence-corrected chi connectivity index (χ2v) is 5.46. The van der Waals surface area contributed by atoms with Crippen LogP contribution in [0.3, 0.4) is 0 Å². The zero-order valence-corrected chi connectivity index (χ0v) is 13.5. The van der Waals surface area contributed by atoms with Gasteiger partial charge in [-0.3, -0.25) is 9.69 Å². The first-order valence-electron chi connectivity index (χ1n) is 7.39. The normalized spacial score (nSPS) is 14.4. The van der Waals surface area contributed by atoms with Crippen molar-refractivity contribution in [3.63, 3.8) is 0 Å². The Kier molecular flexibility index (Phi) is 6.64. The van der Waals surface area contributed by atoms with Crippen LogP contribution in [0.25, 0.3) is 0 Å². The highest BCUT2D eigenvalue weighted by atomic mass is 35.5. The quantitative estimate of drug-likeness (QED) is 0.682. The summed E-state index contributed by atoms with van der Waals surface area (Å²) in [4.78, 5) is 27.3. The van der Waals surface area contributed by atoms with E-state index in [-0.39, 0.29) is 31.7 Å². The number of rotatable bonds is 8. The number of aliphatic hydroxyl groups excluding tert-OH is 1. The Morgan fingerprint density at radius 2 is 2.17 bits per heavy atom. The Hall–Kier alpha value is -1.83. The molecule has 0 saturated carbocycles. The smallest absolute Gasteiger partial charge is 0.325 e. The summed E-state index contributed by atoms with van der Waals surface area (Å²) in [6.45, 7) is 1.89. The molecule has 0 aliphatic carbocycles. The maximum atomic E-state index is 12.3. The van der Waals surface area contributed by atoms with Crippen molar-refractivity contribution in [2.24, 2.45) is 0 Å². The lowest BCUT2D eigenvalue weighted by molar-refractivity contribution is -0.121. The first-order chi connectivity index (χ1) is 11.1. The molecule has 0 radical (unpaired) electrons. The van der Waals surface area contributed by atoms with Crippen LogP contribution in [0.1, 0.15) is 0 Å². The maximum absolute atomic E-state index is 12.3. The van der Waals surface area contributed by atoms with E-state index in [0.717, 1.165) is 5.69 Å². The Morgan fingerprint density at radius 1 is 1.35 bits per heavy atom. The number of hydrogen-bond acceptors (Lipinski definition) is 4. The summed E-state index contributed by atoms with van der Waals surface area (Å²) in [6.07, 6.45) is 0. The number of nitrogens with one attached hydrogen (secondary N) is 1. The van der Waals surface area contributed by atoms with Crippen LogP contribution in [0, 0.1) is 0 Å². The number of carbonyl (C=O) groups is 2. The van der Waals surface area contributed by atoms with E-state index in [4.69, 9.17) is 21.4 Å². The van der Waals surface area contributed by atoms with Crippen LogP contribution in [0.4, 0.5) is 10.5 Å². The standard InChI is InChI=1S/C15H20ClN3O4/c16-12-2-1-3-13(10-12)19-6-5-18(15(19)22)11-14(21)17-4-8-23-9-7-20/h1-3,10,20H,4-9,11H2,(H,17,21). The number of halogens is 1. The fraction of sp³-hybridized carbons (Fsp3) is 0.467. The topological polar surface area (TPSA) is 82.1 Å². The van der Waals surface area contributed by atoms with Crippen molar-refractivity contribution in [2.75, 3.05) is 50.9 Å². The SMILES string of the molecule is O=C(CN1CCN(c2cccc(Cl)c2)C1=O)NCCOCCO. The summed E-state index contributed by atoms with van der Waals surface area (Å²) >= 11 is 5.94. The first kappa shape index (κ1) is 17.5. The maximum Gasteiger partial charge on any atom is 0.325 e. The van der Waals surface area contributed by atoms with Crippen molar-refractivity contribution in [1.82, 2.24) is 10.2 Å². The molecule has 2 N–H and O–H groups in total. The average Bonchev–Trinajstić information content (AvgIpc) is 2.88. The minimum atomic E-state index is -0.237. The molecule has 1 aromatic carbocycles. The van der Waals surface area contributed by atoms with Gasteiger partial charge in [-0.2, -0.15) is 0 Å². The van der Waals surface area contributed by atoms with Crippen LogP contribution >= 0.6 is 11.6 Å². The molecule has 23 heavy (non-hydrogen) atoms. The highest BCUT2D eigenvalue weighted by molar-refractivity contribution is 6.30. The zero-order valence-electron chi connectivity index (χ0n) is 12.7. The number of nitrogens with zero attached hydrogens (tertiary/aromatic N) is 2. The number of aliphatic hydroxyl groups is 1. The van der Waals surface area contributed by atoms with Gasteiger partial charge in [-0.15, -0.1) is 0 Å². The summed E-state index contributed by atoms with van der Waals surface area (Å²) in [7, 11) is 0. The van der Waals surface area contributed by atoms with Crippen molar-refractivity contribution in [3.8, 4) is 0 Å². The van der Waals surface area contributed by atoms with E-state index in [1.165, 1.54) is 4.90 Å². The largest absolute Gasteiger partial charge is 0.394 e. The van der Waals surface area contributed by atoms with E-state index in [1.54, 1.807) is 23.1 Å². The van der Waals surface area contributed by atoms with E-state index >= 15 is 0 Å². The highest BCUT2D eigenvalue weighted by Crippen LogP contribution is 2.23. The molecule has 1 aliphatic heterocycles. The molecule has 1 aliphatic rings. The van der Waals surface area contributed by atoms with Crippen molar-refractivity contribution >= 4 is 29.2 Å². The third-order valence-electron chi connectivity index (χ3n) is 3.35. The van der Waals surface area contributed by atoms with Crippen LogP contribution in [0.2, 0.25) is 5.02 Å². The molecule has 0 aromatic heterocycles. The number of amides is 3. The van der Waals surface area contributed by atoms with E-state index in [1.807, 2.05) is 6.07 Å². The van der Waals surface area contributed by atoms with Gasteiger partial charge in [-0.1, -0.05) is 17.7 Å². The fourth-order valence-corrected chi connectivity index (χ4v) is 2.46. The zero-order chi connectivity index (χ0) is 16.7. The Morgan fingerprint density at radius 3 is 2.91 bits per heavy atom. The molecule has 1 heterocycles. The molecule has 8 heteroatoms. The fourth-order valence-electron chi connectivity index (χ4n) is 2.27. The van der Waals surface area contributed by atoms with Crippen LogP contribution in [0.15, 0.2) is 24.3 Å². The predicted octanol–water partition coefficient (Wildman–Crippen LogP) is 0.707. The molecule has 3 amide bonds. The lowest BCUT2D eigenvalue weighted by atomic mass is 10.3. The minimum absolute atomic E-state index is 0.00982. The predicted molar refractivity (Wildman–Crippen MR) is 86.7 cm³/mol. The molecule has 0 atom stereocenters. The summed E-state index contributed by atoms with van der Waals surface area (Å²) in [5.74, 6) is -0.237. The summed E-state index contributed by atoms with van der Waals surface area (Å²) in [6, 6.07) is 6.86. The number of benzene rings is 1. The van der Waals surface area contributed by atoms with E-state index in [9.17, 15) is 9.59 Å². The molecular formula is C15H20ClN3O4. The molecule has 0 unspecified atom stereocenters. The monoisotopic (exact) mass is 341 g/mol. The van der Waals surface area contributed by atoms with Crippen LogP contribution in [-0.4, -0.2) is 67.9 Å². The van der Waals surface area contributed by atoms with Crippen molar-refractivity contribution in [3.05, 3.63) is 29.3 Å². The molecule has 126 valence electrons. The van der Waals surface area contributed by atoms with Gasteiger partial charge in [-0.25, -0.2) is 4.79 Å². The summed E-state index contributed by atoms with van der Waals surface area (Å²) in [5.41, 5.74) is 0.725. The van der Waals surface area contributed by atoms with Gasteiger partial charge >= 0.3 is 6.03 Å². The van der Waals surface area contributed by atoms with Crippen molar-refractivity contribution in [2.45, 2.75) is 0 Å². The van der Waals surface area contributed by atoms with Gasteiger partial charge in [0.05, 0.1) is 19.8 Å². The molecule has 0 spiro atoms. The minimum Gasteiger partial charge on any atom is -0.394 e. The van der Waals surface area contributed by atoms with E-state index in [0.29, 0.717) is 31.3 Å². The van der Waals surface area contributed by atoms with Crippen molar-refractivity contribution < 1.29 is 19.4 Å². The number of anilines is 1. The van der Waals surface area contributed by atoms with E-state index in [2.05, 4.69) is 5.32 Å². The highest BCUT2D eigenvalue weighted by Gasteiger charge is 2.30. The molecule has 0 bridgehead atoms. The van der Waals surface area contributed by atoms with Crippen LogP contribution in [-0.2, 0) is 9.53 Å². The molecule has 7 nitrogen and oxygen atoms in total. The first-order valence-corrected chi connectivity index (χ1v) is 7.77. The number of ether oxygens (including phenoxy) is 1.